The number of rotatable bonds is 5. The van der Waals surface area contributed by atoms with E-state index >= 15 is 0 Å². The summed E-state index contributed by atoms with van der Waals surface area (Å²) in [5.74, 6) is 0.923. The van der Waals surface area contributed by atoms with Gasteiger partial charge in [0.1, 0.15) is 5.75 Å². The van der Waals surface area contributed by atoms with Gasteiger partial charge in [0.2, 0.25) is 5.91 Å². The van der Waals surface area contributed by atoms with Crippen molar-refractivity contribution in [1.29, 1.82) is 0 Å². The van der Waals surface area contributed by atoms with Crippen LogP contribution in [0, 0.1) is 0 Å². The average Bonchev–Trinajstić information content (AvgIpc) is 2.63. The third-order valence-corrected chi connectivity index (χ3v) is 4.71. The smallest absolute Gasteiger partial charge is 0.242 e. The molecule has 2 aromatic rings. The van der Waals surface area contributed by atoms with Crippen molar-refractivity contribution in [3.05, 3.63) is 53.6 Å². The molecule has 132 valence electrons. The van der Waals surface area contributed by atoms with Gasteiger partial charge in [-0.2, -0.15) is 0 Å². The minimum absolute atomic E-state index is 0.103. The number of hydrogen-bond acceptors (Lipinski definition) is 4. The molecule has 2 aromatic carbocycles. The largest absolute Gasteiger partial charge is 0.497 e. The molecule has 1 amide bonds. The van der Waals surface area contributed by atoms with Gasteiger partial charge in [-0.25, -0.2) is 0 Å². The van der Waals surface area contributed by atoms with E-state index in [1.54, 1.807) is 12.0 Å². The van der Waals surface area contributed by atoms with E-state index in [2.05, 4.69) is 11.0 Å². The third-order valence-electron chi connectivity index (χ3n) is 4.71. The first kappa shape index (κ1) is 17.1. The number of fused-ring (bicyclic) bond motifs is 1. The molecular weight excluding hydrogens is 314 g/mol. The van der Waals surface area contributed by atoms with Gasteiger partial charge in [-0.3, -0.25) is 4.79 Å². The highest BCUT2D eigenvalue weighted by Gasteiger charge is 2.22. The van der Waals surface area contributed by atoms with Crippen LogP contribution in [0.4, 0.5) is 11.4 Å². The predicted molar refractivity (Wildman–Crippen MR) is 101 cm³/mol. The van der Waals surface area contributed by atoms with Crippen molar-refractivity contribution in [2.45, 2.75) is 19.4 Å². The summed E-state index contributed by atoms with van der Waals surface area (Å²) in [6, 6.07) is 13.7. The van der Waals surface area contributed by atoms with E-state index in [-0.39, 0.29) is 5.91 Å². The molecule has 0 aromatic heterocycles. The second-order valence-electron chi connectivity index (χ2n) is 6.47. The number of benzene rings is 2. The quantitative estimate of drug-likeness (QED) is 0.851. The molecule has 5 heteroatoms. The van der Waals surface area contributed by atoms with Crippen LogP contribution in [0.15, 0.2) is 42.5 Å². The standard InChI is InChI=1S/C20H25N3O2/c1-22(13-15-8-10-16(25-2)11-9-15)20(24)14-23-12-4-5-17-18(21)6-3-7-19(17)23/h3,6-11H,4-5,12-14,21H2,1-2H3. The fourth-order valence-corrected chi connectivity index (χ4v) is 3.27. The molecule has 1 aliphatic heterocycles. The summed E-state index contributed by atoms with van der Waals surface area (Å²) in [5, 5.41) is 0. The van der Waals surface area contributed by atoms with Crippen LogP contribution in [0.1, 0.15) is 17.5 Å². The zero-order valence-corrected chi connectivity index (χ0v) is 14.9. The molecule has 0 spiro atoms. The second kappa shape index (κ2) is 7.47. The molecule has 0 bridgehead atoms. The van der Waals surface area contributed by atoms with E-state index < -0.39 is 0 Å². The first-order chi connectivity index (χ1) is 12.1. The highest BCUT2D eigenvalue weighted by molar-refractivity contribution is 5.82. The highest BCUT2D eigenvalue weighted by atomic mass is 16.5. The van der Waals surface area contributed by atoms with E-state index in [4.69, 9.17) is 10.5 Å². The number of amides is 1. The first-order valence-electron chi connectivity index (χ1n) is 8.57. The summed E-state index contributed by atoms with van der Waals surface area (Å²) in [4.78, 5) is 16.6. The van der Waals surface area contributed by atoms with Gasteiger partial charge in [-0.15, -0.1) is 0 Å². The molecule has 2 N–H and O–H groups in total. The fraction of sp³-hybridized carbons (Fsp3) is 0.350. The Labute approximate surface area is 149 Å². The number of nitrogens with two attached hydrogens (primary N) is 1. The zero-order valence-electron chi connectivity index (χ0n) is 14.9. The maximum Gasteiger partial charge on any atom is 0.242 e. The summed E-state index contributed by atoms with van der Waals surface area (Å²) in [5.41, 5.74) is 10.3. The second-order valence-corrected chi connectivity index (χ2v) is 6.47. The van der Waals surface area contributed by atoms with E-state index in [1.165, 1.54) is 5.56 Å². The first-order valence-corrected chi connectivity index (χ1v) is 8.57. The summed E-state index contributed by atoms with van der Waals surface area (Å²) in [6.45, 7) is 1.85. The number of nitrogens with zero attached hydrogens (tertiary/aromatic N) is 2. The van der Waals surface area contributed by atoms with Gasteiger partial charge in [-0.1, -0.05) is 18.2 Å². The Kier molecular flexibility index (Phi) is 5.12. The van der Waals surface area contributed by atoms with E-state index in [0.717, 1.165) is 42.1 Å². The number of likely N-dealkylation sites (N-methyl/N-ethyl adjacent to an activating group) is 1. The minimum Gasteiger partial charge on any atom is -0.497 e. The molecule has 0 radical (unpaired) electrons. The van der Waals surface area contributed by atoms with E-state index in [0.29, 0.717) is 13.1 Å². The Morgan fingerprint density at radius 2 is 2.00 bits per heavy atom. The molecule has 3 rings (SSSR count). The highest BCUT2D eigenvalue weighted by Crippen LogP contribution is 2.31. The molecule has 5 nitrogen and oxygen atoms in total. The summed E-state index contributed by atoms with van der Waals surface area (Å²) < 4.78 is 5.17. The lowest BCUT2D eigenvalue weighted by atomic mass is 10.00. The lowest BCUT2D eigenvalue weighted by molar-refractivity contribution is -0.128. The van der Waals surface area contributed by atoms with Crippen molar-refractivity contribution >= 4 is 17.3 Å². The maximum atomic E-state index is 12.7. The lowest BCUT2D eigenvalue weighted by Crippen LogP contribution is -2.40. The number of methoxy groups -OCH3 is 1. The Morgan fingerprint density at radius 1 is 1.24 bits per heavy atom. The number of carbonyl (C=O) groups excluding carboxylic acids is 1. The van der Waals surface area contributed by atoms with Crippen LogP contribution in [0.5, 0.6) is 5.75 Å². The Morgan fingerprint density at radius 3 is 2.72 bits per heavy atom. The van der Waals surface area contributed by atoms with Crippen molar-refractivity contribution in [2.75, 3.05) is 37.9 Å². The van der Waals surface area contributed by atoms with Crippen LogP contribution < -0.4 is 15.4 Å². The van der Waals surface area contributed by atoms with Crippen LogP contribution >= 0.6 is 0 Å². The molecule has 1 heterocycles. The molecule has 0 atom stereocenters. The van der Waals surface area contributed by atoms with Crippen LogP contribution in [-0.4, -0.2) is 38.1 Å². The molecule has 0 unspecified atom stereocenters. The van der Waals surface area contributed by atoms with Gasteiger partial charge >= 0.3 is 0 Å². The van der Waals surface area contributed by atoms with Crippen LogP contribution in [0.3, 0.4) is 0 Å². The number of anilines is 2. The molecule has 0 fully saturated rings. The van der Waals surface area contributed by atoms with Gasteiger partial charge in [0.15, 0.2) is 0 Å². The summed E-state index contributed by atoms with van der Waals surface area (Å²) in [6.07, 6.45) is 2.01. The van der Waals surface area contributed by atoms with E-state index in [1.807, 2.05) is 43.4 Å². The van der Waals surface area contributed by atoms with Crippen molar-refractivity contribution in [3.63, 3.8) is 0 Å². The Balaban J connectivity index is 1.65. The number of nitrogen functional groups attached to an aromatic ring is 1. The molecule has 0 aliphatic carbocycles. The fourth-order valence-electron chi connectivity index (χ4n) is 3.27. The van der Waals surface area contributed by atoms with Crippen LogP contribution in [0.2, 0.25) is 0 Å². The molecule has 1 aliphatic rings. The number of hydrogen-bond donors (Lipinski definition) is 1. The monoisotopic (exact) mass is 339 g/mol. The van der Waals surface area contributed by atoms with Crippen LogP contribution in [-0.2, 0) is 17.8 Å². The summed E-state index contributed by atoms with van der Waals surface area (Å²) in [7, 11) is 3.49. The molecular formula is C20H25N3O2. The van der Waals surface area contributed by atoms with Gasteiger partial charge in [0, 0.05) is 31.5 Å². The van der Waals surface area contributed by atoms with E-state index in [9.17, 15) is 4.79 Å². The van der Waals surface area contributed by atoms with Gasteiger partial charge in [-0.05, 0) is 48.2 Å². The SMILES string of the molecule is COc1ccc(CN(C)C(=O)CN2CCCc3c(N)cccc32)cc1. The van der Waals surface area contributed by atoms with Gasteiger partial charge in [0.25, 0.3) is 0 Å². The minimum atomic E-state index is 0.103. The normalized spacial score (nSPS) is 13.3. The van der Waals surface area contributed by atoms with Gasteiger partial charge < -0.3 is 20.3 Å². The van der Waals surface area contributed by atoms with Crippen molar-refractivity contribution in [3.8, 4) is 5.75 Å². The van der Waals surface area contributed by atoms with Crippen molar-refractivity contribution < 1.29 is 9.53 Å². The lowest BCUT2D eigenvalue weighted by Gasteiger charge is -2.32. The molecule has 0 saturated heterocycles. The zero-order chi connectivity index (χ0) is 17.8. The maximum absolute atomic E-state index is 12.7. The van der Waals surface area contributed by atoms with Crippen molar-refractivity contribution in [2.24, 2.45) is 0 Å². The third kappa shape index (κ3) is 3.87. The predicted octanol–water partition coefficient (Wildman–Crippen LogP) is 2.69. The average molecular weight is 339 g/mol. The number of carbonyl (C=O) groups is 1. The van der Waals surface area contributed by atoms with Gasteiger partial charge in [0.05, 0.1) is 13.7 Å². The summed E-state index contributed by atoms with van der Waals surface area (Å²) >= 11 is 0. The molecule has 0 saturated carbocycles. The van der Waals surface area contributed by atoms with Crippen molar-refractivity contribution in [1.82, 2.24) is 4.90 Å². The Hall–Kier alpha value is -2.69. The Bertz CT molecular complexity index is 743. The van der Waals surface area contributed by atoms with Crippen LogP contribution in [0.25, 0.3) is 0 Å². The number of ether oxygens (including phenoxy) is 1. The topological polar surface area (TPSA) is 58.8 Å². The molecule has 25 heavy (non-hydrogen) atoms.